The van der Waals surface area contributed by atoms with E-state index in [9.17, 15) is 31.8 Å². The first-order valence-corrected chi connectivity index (χ1v) is 15.2. The molecular formula is C25H36N2O7S2. The second-order valence-corrected chi connectivity index (χ2v) is 13.7. The molecule has 9 nitrogen and oxygen atoms in total. The second kappa shape index (κ2) is 12.7. The molecule has 200 valence electrons. The maximum absolute atomic E-state index is 13.4. The minimum atomic E-state index is -4.01. The molecule has 36 heavy (non-hydrogen) atoms. The Labute approximate surface area is 214 Å². The van der Waals surface area contributed by atoms with Crippen LogP contribution >= 0.6 is 0 Å². The van der Waals surface area contributed by atoms with E-state index >= 15 is 0 Å². The number of rotatable bonds is 13. The summed E-state index contributed by atoms with van der Waals surface area (Å²) in [7, 11) is -7.41. The van der Waals surface area contributed by atoms with Gasteiger partial charge in [0.1, 0.15) is 15.6 Å². The maximum Gasteiger partial charge on any atom is 0.243 e. The SMILES string of the molecule is CC(C)CN(CC(O)C(Cc1ccccc1)NC(=O)C(C)CS(C)(=O)=O)S(=O)(=O)c1ccc(O)cc1. The molecule has 3 N–H and O–H groups in total. The van der Waals surface area contributed by atoms with Gasteiger partial charge < -0.3 is 15.5 Å². The van der Waals surface area contributed by atoms with E-state index in [0.717, 1.165) is 11.8 Å². The van der Waals surface area contributed by atoms with E-state index in [0.29, 0.717) is 0 Å². The van der Waals surface area contributed by atoms with Crippen LogP contribution in [0.2, 0.25) is 0 Å². The lowest BCUT2D eigenvalue weighted by Crippen LogP contribution is -2.52. The van der Waals surface area contributed by atoms with Gasteiger partial charge in [0.15, 0.2) is 0 Å². The van der Waals surface area contributed by atoms with E-state index in [1.807, 2.05) is 44.2 Å². The number of sulfonamides is 1. The predicted molar refractivity (Wildman–Crippen MR) is 139 cm³/mol. The molecule has 1 amide bonds. The van der Waals surface area contributed by atoms with E-state index in [-0.39, 0.29) is 41.8 Å². The number of carbonyl (C=O) groups is 1. The quantitative estimate of drug-likeness (QED) is 0.352. The summed E-state index contributed by atoms with van der Waals surface area (Å²) in [6.45, 7) is 5.02. The number of aliphatic hydroxyl groups excluding tert-OH is 1. The molecule has 0 aromatic heterocycles. The summed E-state index contributed by atoms with van der Waals surface area (Å²) in [5.74, 6) is -1.86. The van der Waals surface area contributed by atoms with Gasteiger partial charge in [-0.3, -0.25) is 4.79 Å². The fourth-order valence-electron chi connectivity index (χ4n) is 3.79. The summed E-state index contributed by atoms with van der Waals surface area (Å²) in [5, 5.41) is 23.5. The van der Waals surface area contributed by atoms with Gasteiger partial charge in [-0.25, -0.2) is 16.8 Å². The minimum absolute atomic E-state index is 0.0291. The average molecular weight is 541 g/mol. The van der Waals surface area contributed by atoms with Gasteiger partial charge >= 0.3 is 0 Å². The van der Waals surface area contributed by atoms with E-state index in [1.165, 1.54) is 35.5 Å². The number of amides is 1. The minimum Gasteiger partial charge on any atom is -0.508 e. The monoisotopic (exact) mass is 540 g/mol. The Morgan fingerprint density at radius 1 is 0.944 bits per heavy atom. The van der Waals surface area contributed by atoms with Crippen LogP contribution < -0.4 is 5.32 Å². The Balaban J connectivity index is 2.33. The summed E-state index contributed by atoms with van der Waals surface area (Å²) in [6.07, 6.45) is -0.0238. The van der Waals surface area contributed by atoms with Gasteiger partial charge in [0.25, 0.3) is 0 Å². The number of hydrogen-bond acceptors (Lipinski definition) is 7. The number of nitrogens with one attached hydrogen (secondary N) is 1. The summed E-state index contributed by atoms with van der Waals surface area (Å²) in [4.78, 5) is 12.8. The largest absolute Gasteiger partial charge is 0.508 e. The number of aliphatic hydroxyl groups is 1. The number of sulfone groups is 1. The highest BCUT2D eigenvalue weighted by Gasteiger charge is 2.32. The van der Waals surface area contributed by atoms with Crippen molar-refractivity contribution in [1.29, 1.82) is 0 Å². The van der Waals surface area contributed by atoms with Crippen molar-refractivity contribution in [3.05, 3.63) is 60.2 Å². The summed E-state index contributed by atoms with van der Waals surface area (Å²) in [5.41, 5.74) is 0.814. The number of benzene rings is 2. The normalized spacial score (nSPS) is 15.0. The van der Waals surface area contributed by atoms with Gasteiger partial charge in [-0.15, -0.1) is 0 Å². The maximum atomic E-state index is 13.4. The molecule has 11 heteroatoms. The van der Waals surface area contributed by atoms with E-state index in [4.69, 9.17) is 0 Å². The van der Waals surface area contributed by atoms with Crippen LogP contribution in [0.4, 0.5) is 0 Å². The number of phenolic OH excluding ortho intramolecular Hbond substituents is 1. The molecule has 0 aliphatic carbocycles. The smallest absolute Gasteiger partial charge is 0.243 e. The third-order valence-corrected chi connectivity index (χ3v) is 8.48. The zero-order chi connectivity index (χ0) is 27.1. The van der Waals surface area contributed by atoms with Gasteiger partial charge in [0.05, 0.1) is 22.8 Å². The molecule has 0 saturated heterocycles. The first-order valence-electron chi connectivity index (χ1n) is 11.7. The number of phenols is 1. The summed E-state index contributed by atoms with van der Waals surface area (Å²) >= 11 is 0. The molecule has 0 radical (unpaired) electrons. The molecule has 0 saturated carbocycles. The third kappa shape index (κ3) is 9.20. The Kier molecular flexibility index (Phi) is 10.5. The number of carbonyl (C=O) groups excluding carboxylic acids is 1. The van der Waals surface area contributed by atoms with Crippen LogP contribution in [0.15, 0.2) is 59.5 Å². The molecule has 2 aromatic carbocycles. The van der Waals surface area contributed by atoms with Crippen LogP contribution in [-0.4, -0.2) is 74.5 Å². The van der Waals surface area contributed by atoms with Crippen LogP contribution in [0, 0.1) is 11.8 Å². The topological polar surface area (TPSA) is 141 Å². The second-order valence-electron chi connectivity index (χ2n) is 9.58. The Morgan fingerprint density at radius 2 is 1.53 bits per heavy atom. The van der Waals surface area contributed by atoms with Crippen molar-refractivity contribution in [2.24, 2.45) is 11.8 Å². The molecule has 0 aliphatic heterocycles. The number of aromatic hydroxyl groups is 1. The standard InChI is InChI=1S/C25H36N2O7S2/c1-18(2)15-27(36(33,34)22-12-10-21(28)11-13-22)16-24(29)23(14-20-8-6-5-7-9-20)26-25(30)19(3)17-35(4,31)32/h5-13,18-19,23-24,28-29H,14-17H2,1-4H3,(H,26,30). The number of nitrogens with zero attached hydrogens (tertiary/aromatic N) is 1. The highest BCUT2D eigenvalue weighted by molar-refractivity contribution is 7.90. The predicted octanol–water partition coefficient (Wildman–Crippen LogP) is 1.81. The van der Waals surface area contributed by atoms with Crippen molar-refractivity contribution in [3.63, 3.8) is 0 Å². The van der Waals surface area contributed by atoms with Gasteiger partial charge in [-0.2, -0.15) is 4.31 Å². The molecule has 0 heterocycles. The fourth-order valence-corrected chi connectivity index (χ4v) is 6.47. The number of hydrogen-bond donors (Lipinski definition) is 3. The molecule has 0 aliphatic rings. The van der Waals surface area contributed by atoms with Gasteiger partial charge in [0.2, 0.25) is 15.9 Å². The lowest BCUT2D eigenvalue weighted by Gasteiger charge is -2.31. The first kappa shape index (κ1) is 29.8. The van der Waals surface area contributed by atoms with Crippen molar-refractivity contribution < 1.29 is 31.8 Å². The van der Waals surface area contributed by atoms with Crippen LogP contribution in [0.5, 0.6) is 5.75 Å². The third-order valence-electron chi connectivity index (χ3n) is 5.52. The molecule has 2 aromatic rings. The van der Waals surface area contributed by atoms with Crippen molar-refractivity contribution in [2.45, 2.75) is 44.2 Å². The Morgan fingerprint density at radius 3 is 2.06 bits per heavy atom. The molecule has 2 rings (SSSR count). The lowest BCUT2D eigenvalue weighted by atomic mass is 10.00. The highest BCUT2D eigenvalue weighted by atomic mass is 32.2. The van der Waals surface area contributed by atoms with Crippen molar-refractivity contribution in [2.75, 3.05) is 25.1 Å². The zero-order valence-electron chi connectivity index (χ0n) is 21.0. The van der Waals surface area contributed by atoms with Gasteiger partial charge in [-0.05, 0) is 42.2 Å². The molecule has 0 fully saturated rings. The van der Waals surface area contributed by atoms with Crippen LogP contribution in [0.3, 0.4) is 0 Å². The van der Waals surface area contributed by atoms with Crippen LogP contribution in [-0.2, 0) is 31.1 Å². The van der Waals surface area contributed by atoms with Crippen molar-refractivity contribution >= 4 is 25.8 Å². The van der Waals surface area contributed by atoms with E-state index < -0.39 is 43.8 Å². The van der Waals surface area contributed by atoms with Crippen molar-refractivity contribution in [3.8, 4) is 5.75 Å². The molecule has 0 spiro atoms. The summed E-state index contributed by atoms with van der Waals surface area (Å²) in [6, 6.07) is 13.4. The molecular weight excluding hydrogens is 504 g/mol. The highest BCUT2D eigenvalue weighted by Crippen LogP contribution is 2.21. The average Bonchev–Trinajstić information content (AvgIpc) is 2.77. The Hall–Kier alpha value is -2.47. The fraction of sp³-hybridized carbons (Fsp3) is 0.480. The molecule has 3 unspecified atom stereocenters. The first-order chi connectivity index (χ1) is 16.7. The molecule has 0 bridgehead atoms. The van der Waals surface area contributed by atoms with E-state index in [2.05, 4.69) is 5.32 Å². The van der Waals surface area contributed by atoms with Gasteiger partial charge in [-0.1, -0.05) is 51.1 Å². The zero-order valence-corrected chi connectivity index (χ0v) is 22.7. The van der Waals surface area contributed by atoms with E-state index in [1.54, 1.807) is 0 Å². The summed E-state index contributed by atoms with van der Waals surface area (Å²) < 4.78 is 51.2. The van der Waals surface area contributed by atoms with Crippen LogP contribution in [0.25, 0.3) is 0 Å². The lowest BCUT2D eigenvalue weighted by molar-refractivity contribution is -0.125. The Bertz CT molecular complexity index is 1200. The van der Waals surface area contributed by atoms with Crippen LogP contribution in [0.1, 0.15) is 26.3 Å². The van der Waals surface area contributed by atoms with Gasteiger partial charge in [0, 0.05) is 25.3 Å². The van der Waals surface area contributed by atoms with Crippen molar-refractivity contribution in [1.82, 2.24) is 9.62 Å². The molecule has 3 atom stereocenters.